The Bertz CT molecular complexity index is 796. The smallest absolute Gasteiger partial charge is 0.356 e. The van der Waals surface area contributed by atoms with Crippen LogP contribution in [0.25, 0.3) is 10.9 Å². The van der Waals surface area contributed by atoms with Gasteiger partial charge in [0.05, 0.1) is 0 Å². The third kappa shape index (κ3) is 2.64. The number of aromatic nitrogens is 1. The summed E-state index contributed by atoms with van der Waals surface area (Å²) in [5, 5.41) is 10.2. The molecular formula is C16H12BrNO3. The molecule has 0 radical (unpaired) electrons. The highest BCUT2D eigenvalue weighted by Crippen LogP contribution is 2.27. The second-order valence-corrected chi connectivity index (χ2v) is 5.42. The Labute approximate surface area is 129 Å². The molecule has 3 rings (SSSR count). The van der Waals surface area contributed by atoms with Gasteiger partial charge in [-0.05, 0) is 33.6 Å². The predicted octanol–water partition coefficient (Wildman–Crippen LogP) is 3.73. The van der Waals surface area contributed by atoms with Crippen LogP contribution in [0.15, 0.2) is 59.1 Å². The Kier molecular flexibility index (Phi) is 3.66. The van der Waals surface area contributed by atoms with Crippen molar-refractivity contribution in [2.24, 2.45) is 0 Å². The van der Waals surface area contributed by atoms with Crippen LogP contribution in [-0.4, -0.2) is 15.8 Å². The summed E-state index contributed by atoms with van der Waals surface area (Å²) in [6, 6.07) is 16.8. The van der Waals surface area contributed by atoms with Gasteiger partial charge in [-0.15, -0.1) is 0 Å². The maximum absolute atomic E-state index is 11.4. The lowest BCUT2D eigenvalue weighted by atomic mass is 10.2. The van der Waals surface area contributed by atoms with Crippen molar-refractivity contribution in [1.29, 1.82) is 0 Å². The lowest BCUT2D eigenvalue weighted by Gasteiger charge is -2.11. The molecule has 0 aliphatic rings. The van der Waals surface area contributed by atoms with E-state index in [9.17, 15) is 9.90 Å². The maximum atomic E-state index is 11.4. The van der Waals surface area contributed by atoms with Crippen molar-refractivity contribution >= 4 is 32.8 Å². The highest BCUT2D eigenvalue weighted by atomic mass is 79.9. The van der Waals surface area contributed by atoms with Gasteiger partial charge in [0.15, 0.2) is 5.69 Å². The van der Waals surface area contributed by atoms with Crippen molar-refractivity contribution in [1.82, 2.24) is 4.73 Å². The maximum Gasteiger partial charge on any atom is 0.356 e. The number of carbonyl (C=O) groups is 1. The minimum Gasteiger partial charge on any atom is -0.476 e. The molecule has 1 N–H and O–H groups in total. The fraction of sp³-hybridized carbons (Fsp3) is 0.0625. The summed E-state index contributed by atoms with van der Waals surface area (Å²) in [6.07, 6.45) is 0. The van der Waals surface area contributed by atoms with Gasteiger partial charge in [-0.3, -0.25) is 0 Å². The number of hydrogen-bond donors (Lipinski definition) is 1. The first-order chi connectivity index (χ1) is 10.2. The summed E-state index contributed by atoms with van der Waals surface area (Å²) in [7, 11) is 0. The number of hydrogen-bond acceptors (Lipinski definition) is 2. The fourth-order valence-corrected chi connectivity index (χ4v) is 2.73. The van der Waals surface area contributed by atoms with E-state index in [1.165, 1.54) is 4.73 Å². The van der Waals surface area contributed by atoms with Crippen molar-refractivity contribution in [3.8, 4) is 0 Å². The molecule has 0 saturated heterocycles. The molecule has 3 aromatic rings. The minimum atomic E-state index is -1.02. The standard InChI is InChI=1S/C16H12BrNO3/c17-13-8-4-7-12-9-14(16(19)20)18(15(12)13)21-10-11-5-2-1-3-6-11/h1-9H,10H2,(H,19,20). The zero-order valence-corrected chi connectivity index (χ0v) is 12.6. The SMILES string of the molecule is O=C(O)c1cc2cccc(Br)c2n1OCc1ccccc1. The molecule has 1 heterocycles. The van der Waals surface area contributed by atoms with Gasteiger partial charge < -0.3 is 9.94 Å². The van der Waals surface area contributed by atoms with E-state index in [1.807, 2.05) is 48.5 Å². The van der Waals surface area contributed by atoms with Crippen molar-refractivity contribution < 1.29 is 14.7 Å². The summed E-state index contributed by atoms with van der Waals surface area (Å²) >= 11 is 3.44. The highest BCUT2D eigenvalue weighted by molar-refractivity contribution is 9.10. The normalized spacial score (nSPS) is 10.7. The molecule has 0 bridgehead atoms. The quantitative estimate of drug-likeness (QED) is 0.783. The van der Waals surface area contributed by atoms with Crippen LogP contribution in [0.1, 0.15) is 16.1 Å². The third-order valence-electron chi connectivity index (χ3n) is 3.15. The summed E-state index contributed by atoms with van der Waals surface area (Å²) in [5.41, 5.74) is 1.79. The van der Waals surface area contributed by atoms with Crippen LogP contribution in [0.4, 0.5) is 0 Å². The first-order valence-electron chi connectivity index (χ1n) is 6.37. The Balaban J connectivity index is 2.03. The van der Waals surface area contributed by atoms with Crippen molar-refractivity contribution in [3.05, 3.63) is 70.3 Å². The Hall–Kier alpha value is -2.27. The number of fused-ring (bicyclic) bond motifs is 1. The topological polar surface area (TPSA) is 51.5 Å². The summed E-state index contributed by atoms with van der Waals surface area (Å²) < 4.78 is 2.16. The van der Waals surface area contributed by atoms with Gasteiger partial charge in [0, 0.05) is 9.86 Å². The van der Waals surface area contributed by atoms with Crippen LogP contribution in [-0.2, 0) is 6.61 Å². The molecule has 0 spiro atoms. The summed E-state index contributed by atoms with van der Waals surface area (Å²) in [6.45, 7) is 0.298. The molecule has 0 unspecified atom stereocenters. The molecule has 0 fully saturated rings. The van der Waals surface area contributed by atoms with Crippen molar-refractivity contribution in [2.75, 3.05) is 0 Å². The predicted molar refractivity (Wildman–Crippen MR) is 83.3 cm³/mol. The number of rotatable bonds is 4. The molecule has 0 saturated carbocycles. The average molecular weight is 346 g/mol. The van der Waals surface area contributed by atoms with Crippen LogP contribution in [0.2, 0.25) is 0 Å². The van der Waals surface area contributed by atoms with Gasteiger partial charge in [0.2, 0.25) is 0 Å². The lowest BCUT2D eigenvalue weighted by molar-refractivity contribution is 0.0588. The first-order valence-corrected chi connectivity index (χ1v) is 7.16. The average Bonchev–Trinajstić information content (AvgIpc) is 2.86. The third-order valence-corrected chi connectivity index (χ3v) is 3.79. The van der Waals surface area contributed by atoms with E-state index in [0.717, 1.165) is 15.4 Å². The van der Waals surface area contributed by atoms with Crippen molar-refractivity contribution in [2.45, 2.75) is 6.61 Å². The van der Waals surface area contributed by atoms with Gasteiger partial charge in [0.25, 0.3) is 0 Å². The molecule has 0 aliphatic carbocycles. The van der Waals surface area contributed by atoms with Gasteiger partial charge >= 0.3 is 5.97 Å². The molecule has 5 heteroatoms. The van der Waals surface area contributed by atoms with Gasteiger partial charge in [0.1, 0.15) is 12.1 Å². The second kappa shape index (κ2) is 5.61. The fourth-order valence-electron chi connectivity index (χ4n) is 2.19. The van der Waals surface area contributed by atoms with Gasteiger partial charge in [-0.2, -0.15) is 4.73 Å². The van der Waals surface area contributed by atoms with Crippen LogP contribution in [0.5, 0.6) is 0 Å². The lowest BCUT2D eigenvalue weighted by Crippen LogP contribution is -2.17. The van der Waals surface area contributed by atoms with E-state index in [0.29, 0.717) is 12.1 Å². The van der Waals surface area contributed by atoms with E-state index in [1.54, 1.807) is 6.07 Å². The molecule has 0 amide bonds. The largest absolute Gasteiger partial charge is 0.476 e. The molecule has 0 aliphatic heterocycles. The molecule has 2 aromatic carbocycles. The number of carboxylic acid groups (broad SMARTS) is 1. The van der Waals surface area contributed by atoms with Crippen molar-refractivity contribution in [3.63, 3.8) is 0 Å². The Morgan fingerprint density at radius 3 is 2.62 bits per heavy atom. The Morgan fingerprint density at radius 2 is 1.90 bits per heavy atom. The number of para-hydroxylation sites is 1. The highest BCUT2D eigenvalue weighted by Gasteiger charge is 2.17. The zero-order chi connectivity index (χ0) is 14.8. The van der Waals surface area contributed by atoms with Gasteiger partial charge in [-0.25, -0.2) is 4.79 Å². The molecule has 106 valence electrons. The van der Waals surface area contributed by atoms with E-state index in [4.69, 9.17) is 4.84 Å². The molecular weight excluding hydrogens is 334 g/mol. The number of aromatic carboxylic acids is 1. The van der Waals surface area contributed by atoms with Crippen LogP contribution < -0.4 is 4.84 Å². The Morgan fingerprint density at radius 1 is 1.14 bits per heavy atom. The molecule has 4 nitrogen and oxygen atoms in total. The summed E-state index contributed by atoms with van der Waals surface area (Å²) in [5.74, 6) is -1.02. The van der Waals surface area contributed by atoms with E-state index in [-0.39, 0.29) is 5.69 Å². The number of nitrogens with zero attached hydrogens (tertiary/aromatic N) is 1. The number of halogens is 1. The first kappa shape index (κ1) is 13.7. The second-order valence-electron chi connectivity index (χ2n) is 4.57. The van der Waals surface area contributed by atoms with E-state index in [2.05, 4.69) is 15.9 Å². The summed E-state index contributed by atoms with van der Waals surface area (Å²) in [4.78, 5) is 17.1. The number of benzene rings is 2. The monoisotopic (exact) mass is 345 g/mol. The van der Waals surface area contributed by atoms with Crippen LogP contribution in [0.3, 0.4) is 0 Å². The molecule has 21 heavy (non-hydrogen) atoms. The minimum absolute atomic E-state index is 0.104. The van der Waals surface area contributed by atoms with Crippen LogP contribution in [0, 0.1) is 0 Å². The van der Waals surface area contributed by atoms with E-state index < -0.39 is 5.97 Å². The van der Waals surface area contributed by atoms with Gasteiger partial charge in [-0.1, -0.05) is 42.5 Å². The molecule has 0 atom stereocenters. The van der Waals surface area contributed by atoms with E-state index >= 15 is 0 Å². The number of carboxylic acids is 1. The molecule has 1 aromatic heterocycles. The van der Waals surface area contributed by atoms with Crippen LogP contribution >= 0.6 is 15.9 Å². The zero-order valence-electron chi connectivity index (χ0n) is 11.0.